The van der Waals surface area contributed by atoms with Crippen LogP contribution in [0.25, 0.3) is 0 Å². The Balaban J connectivity index is 2.44. The van der Waals surface area contributed by atoms with E-state index in [1.807, 2.05) is 18.2 Å². The van der Waals surface area contributed by atoms with Crippen LogP contribution in [0.15, 0.2) is 18.2 Å². The molecule has 2 nitrogen and oxygen atoms in total. The molecule has 0 bridgehead atoms. The predicted molar refractivity (Wildman–Crippen MR) is 44.5 cm³/mol. The summed E-state index contributed by atoms with van der Waals surface area (Å²) in [5.74, 6) is 0. The largest absolute Gasteiger partial charge is 0.376 e. The molecule has 1 aromatic rings. The van der Waals surface area contributed by atoms with Crippen LogP contribution < -0.4 is 0 Å². The van der Waals surface area contributed by atoms with E-state index in [0.29, 0.717) is 6.61 Å². The molecule has 0 unspecified atom stereocenters. The van der Waals surface area contributed by atoms with Crippen molar-refractivity contribution in [1.29, 1.82) is 5.26 Å². The lowest BCUT2D eigenvalue weighted by Gasteiger charge is -2.15. The van der Waals surface area contributed by atoms with Crippen LogP contribution in [0.3, 0.4) is 0 Å². The van der Waals surface area contributed by atoms with E-state index >= 15 is 0 Å². The van der Waals surface area contributed by atoms with Crippen molar-refractivity contribution in [3.05, 3.63) is 34.9 Å². The number of nitriles is 1. The van der Waals surface area contributed by atoms with Crippen LogP contribution in [0.2, 0.25) is 0 Å². The van der Waals surface area contributed by atoms with Gasteiger partial charge in [-0.3, -0.25) is 0 Å². The Hall–Kier alpha value is -1.33. The van der Waals surface area contributed by atoms with Crippen molar-refractivity contribution in [3.8, 4) is 6.07 Å². The lowest BCUT2D eigenvalue weighted by Crippen LogP contribution is -2.09. The highest BCUT2D eigenvalue weighted by Gasteiger charge is 2.08. The highest BCUT2D eigenvalue weighted by Crippen LogP contribution is 2.17. The molecule has 2 rings (SSSR count). The van der Waals surface area contributed by atoms with Crippen LogP contribution in [0.4, 0.5) is 0 Å². The molecule has 2 heteroatoms. The average Bonchev–Trinajstić information content (AvgIpc) is 2.17. The minimum Gasteiger partial charge on any atom is -0.376 e. The number of benzene rings is 1. The molecule has 0 saturated carbocycles. The Morgan fingerprint density at radius 3 is 3.08 bits per heavy atom. The van der Waals surface area contributed by atoms with Crippen molar-refractivity contribution in [2.75, 3.05) is 6.61 Å². The van der Waals surface area contributed by atoms with Crippen molar-refractivity contribution in [2.24, 2.45) is 0 Å². The molecular weight excluding hydrogens is 150 g/mol. The zero-order chi connectivity index (χ0) is 8.39. The van der Waals surface area contributed by atoms with Gasteiger partial charge in [0.25, 0.3) is 0 Å². The molecule has 1 aliphatic rings. The van der Waals surface area contributed by atoms with Crippen molar-refractivity contribution >= 4 is 0 Å². The van der Waals surface area contributed by atoms with E-state index in [1.165, 1.54) is 11.1 Å². The van der Waals surface area contributed by atoms with Gasteiger partial charge in [-0.25, -0.2) is 0 Å². The molecule has 0 fully saturated rings. The number of hydrogen-bond acceptors (Lipinski definition) is 2. The summed E-state index contributed by atoms with van der Waals surface area (Å²) in [5, 5.41) is 8.66. The summed E-state index contributed by atoms with van der Waals surface area (Å²) in [6.45, 7) is 1.48. The van der Waals surface area contributed by atoms with E-state index in [2.05, 4.69) is 6.07 Å². The molecule has 0 spiro atoms. The zero-order valence-corrected chi connectivity index (χ0v) is 6.71. The number of fused-ring (bicyclic) bond motifs is 1. The fourth-order valence-electron chi connectivity index (χ4n) is 1.43. The number of rotatable bonds is 0. The molecule has 12 heavy (non-hydrogen) atoms. The molecule has 0 atom stereocenters. The van der Waals surface area contributed by atoms with Gasteiger partial charge in [0, 0.05) is 0 Å². The van der Waals surface area contributed by atoms with Gasteiger partial charge in [0.2, 0.25) is 0 Å². The molecule has 0 aromatic heterocycles. The molecule has 0 amide bonds. The van der Waals surface area contributed by atoms with E-state index < -0.39 is 0 Å². The minimum absolute atomic E-state index is 0.695. The van der Waals surface area contributed by atoms with Crippen molar-refractivity contribution in [1.82, 2.24) is 0 Å². The molecular formula is C10H9NO. The summed E-state index contributed by atoms with van der Waals surface area (Å²) in [5.41, 5.74) is 3.23. The third-order valence-corrected chi connectivity index (χ3v) is 2.11. The number of hydrogen-bond donors (Lipinski definition) is 0. The van der Waals surface area contributed by atoms with E-state index in [9.17, 15) is 0 Å². The molecule has 1 heterocycles. The van der Waals surface area contributed by atoms with E-state index in [1.54, 1.807) is 0 Å². The van der Waals surface area contributed by atoms with Gasteiger partial charge in [0.1, 0.15) is 0 Å². The Morgan fingerprint density at radius 2 is 2.25 bits per heavy atom. The fourth-order valence-corrected chi connectivity index (χ4v) is 1.43. The average molecular weight is 159 g/mol. The van der Waals surface area contributed by atoms with Gasteiger partial charge < -0.3 is 4.74 Å². The Bertz CT molecular complexity index is 338. The summed E-state index contributed by atoms with van der Waals surface area (Å²) in [4.78, 5) is 0. The normalized spacial score (nSPS) is 14.9. The summed E-state index contributed by atoms with van der Waals surface area (Å²) >= 11 is 0. The van der Waals surface area contributed by atoms with E-state index in [4.69, 9.17) is 10.00 Å². The quantitative estimate of drug-likeness (QED) is 0.576. The molecule has 0 radical (unpaired) electrons. The zero-order valence-electron chi connectivity index (χ0n) is 6.71. The predicted octanol–water partition coefficient (Wildman–Crippen LogP) is 1.63. The van der Waals surface area contributed by atoms with E-state index in [0.717, 1.165) is 18.6 Å². The second-order valence-electron chi connectivity index (χ2n) is 2.90. The van der Waals surface area contributed by atoms with Crippen molar-refractivity contribution < 1.29 is 4.74 Å². The van der Waals surface area contributed by atoms with Gasteiger partial charge in [-0.15, -0.1) is 0 Å². The smallest absolute Gasteiger partial charge is 0.0991 e. The van der Waals surface area contributed by atoms with Crippen LogP contribution in [0.1, 0.15) is 16.7 Å². The maximum atomic E-state index is 8.66. The molecule has 0 aliphatic carbocycles. The van der Waals surface area contributed by atoms with Crippen LogP contribution in [-0.2, 0) is 17.8 Å². The third-order valence-electron chi connectivity index (χ3n) is 2.11. The second-order valence-corrected chi connectivity index (χ2v) is 2.90. The van der Waals surface area contributed by atoms with Gasteiger partial charge >= 0.3 is 0 Å². The topological polar surface area (TPSA) is 33.0 Å². The minimum atomic E-state index is 0.695. The summed E-state index contributed by atoms with van der Waals surface area (Å²) in [6, 6.07) is 7.91. The SMILES string of the molecule is N#Cc1ccc2c(c1)CCOC2. The van der Waals surface area contributed by atoms with Crippen LogP contribution in [0, 0.1) is 11.3 Å². The molecule has 0 N–H and O–H groups in total. The monoisotopic (exact) mass is 159 g/mol. The first kappa shape index (κ1) is 7.33. The number of nitrogens with zero attached hydrogens (tertiary/aromatic N) is 1. The summed E-state index contributed by atoms with van der Waals surface area (Å²) in [7, 11) is 0. The fraction of sp³-hybridized carbons (Fsp3) is 0.300. The van der Waals surface area contributed by atoms with Crippen LogP contribution >= 0.6 is 0 Å². The highest BCUT2D eigenvalue weighted by molar-refractivity contribution is 5.38. The Labute approximate surface area is 71.4 Å². The highest BCUT2D eigenvalue weighted by atomic mass is 16.5. The first-order valence-corrected chi connectivity index (χ1v) is 4.00. The van der Waals surface area contributed by atoms with Gasteiger partial charge in [0.15, 0.2) is 0 Å². The molecule has 1 aromatic carbocycles. The molecule has 0 saturated heterocycles. The number of ether oxygens (including phenoxy) is 1. The molecule has 1 aliphatic heterocycles. The van der Waals surface area contributed by atoms with Gasteiger partial charge in [-0.05, 0) is 29.7 Å². The van der Waals surface area contributed by atoms with Gasteiger partial charge in [-0.1, -0.05) is 6.07 Å². The van der Waals surface area contributed by atoms with Gasteiger partial charge in [0.05, 0.1) is 24.8 Å². The van der Waals surface area contributed by atoms with Crippen molar-refractivity contribution in [2.45, 2.75) is 13.0 Å². The van der Waals surface area contributed by atoms with Gasteiger partial charge in [-0.2, -0.15) is 5.26 Å². The first-order valence-electron chi connectivity index (χ1n) is 4.00. The van der Waals surface area contributed by atoms with Crippen molar-refractivity contribution in [3.63, 3.8) is 0 Å². The maximum Gasteiger partial charge on any atom is 0.0991 e. The summed E-state index contributed by atoms with van der Waals surface area (Å²) < 4.78 is 5.29. The third kappa shape index (κ3) is 1.19. The second kappa shape index (κ2) is 2.96. The van der Waals surface area contributed by atoms with E-state index in [-0.39, 0.29) is 0 Å². The standard InChI is InChI=1S/C10H9NO/c11-6-8-1-2-10-7-12-4-3-9(10)5-8/h1-2,5H,3-4,7H2. The lowest BCUT2D eigenvalue weighted by molar-refractivity contribution is 0.111. The van der Waals surface area contributed by atoms with Crippen LogP contribution in [0.5, 0.6) is 0 Å². The molecule has 60 valence electrons. The Kier molecular flexibility index (Phi) is 1.81. The maximum absolute atomic E-state index is 8.66. The summed E-state index contributed by atoms with van der Waals surface area (Å²) in [6.07, 6.45) is 0.935. The first-order chi connectivity index (χ1) is 5.90. The lowest BCUT2D eigenvalue weighted by atomic mass is 10.0. The van der Waals surface area contributed by atoms with Crippen LogP contribution in [-0.4, -0.2) is 6.61 Å². The Morgan fingerprint density at radius 1 is 1.33 bits per heavy atom.